The summed E-state index contributed by atoms with van der Waals surface area (Å²) >= 11 is 1.68. The SMILES string of the molecule is CCC[C@@H](NC(=O)c1cccc(CSC)c1)C(=O)O. The van der Waals surface area contributed by atoms with Gasteiger partial charge in [-0.05, 0) is 30.4 Å². The number of thioether (sulfide) groups is 1. The maximum absolute atomic E-state index is 12.0. The Bertz CT molecular complexity index is 448. The van der Waals surface area contributed by atoms with E-state index in [-0.39, 0.29) is 5.91 Å². The predicted molar refractivity (Wildman–Crippen MR) is 77.5 cm³/mol. The third-order valence-corrected chi connectivity index (χ3v) is 3.30. The first kappa shape index (κ1) is 15.6. The van der Waals surface area contributed by atoms with E-state index < -0.39 is 12.0 Å². The van der Waals surface area contributed by atoms with Crippen molar-refractivity contribution in [3.63, 3.8) is 0 Å². The van der Waals surface area contributed by atoms with E-state index in [2.05, 4.69) is 5.32 Å². The van der Waals surface area contributed by atoms with Gasteiger partial charge in [0.15, 0.2) is 0 Å². The number of hydrogen-bond donors (Lipinski definition) is 2. The number of rotatable bonds is 7. The smallest absolute Gasteiger partial charge is 0.326 e. The number of carbonyl (C=O) groups is 2. The number of carboxylic acid groups (broad SMARTS) is 1. The highest BCUT2D eigenvalue weighted by Crippen LogP contribution is 2.12. The first-order valence-electron chi connectivity index (χ1n) is 6.20. The lowest BCUT2D eigenvalue weighted by molar-refractivity contribution is -0.139. The van der Waals surface area contributed by atoms with Gasteiger partial charge >= 0.3 is 5.97 Å². The lowest BCUT2D eigenvalue weighted by atomic mass is 10.1. The lowest BCUT2D eigenvalue weighted by Crippen LogP contribution is -2.40. The van der Waals surface area contributed by atoms with Gasteiger partial charge in [0.05, 0.1) is 0 Å². The molecule has 0 aromatic heterocycles. The fourth-order valence-corrected chi connectivity index (χ4v) is 2.27. The third kappa shape index (κ3) is 4.95. The number of benzene rings is 1. The van der Waals surface area contributed by atoms with Crippen LogP contribution in [0.1, 0.15) is 35.7 Å². The molecule has 0 spiro atoms. The van der Waals surface area contributed by atoms with Crippen LogP contribution in [0, 0.1) is 0 Å². The van der Waals surface area contributed by atoms with Crippen LogP contribution in [-0.2, 0) is 10.5 Å². The average molecular weight is 281 g/mol. The highest BCUT2D eigenvalue weighted by atomic mass is 32.2. The van der Waals surface area contributed by atoms with E-state index in [0.29, 0.717) is 18.4 Å². The van der Waals surface area contributed by atoms with Crippen molar-refractivity contribution in [3.8, 4) is 0 Å². The number of hydrogen-bond acceptors (Lipinski definition) is 3. The number of nitrogens with one attached hydrogen (secondary N) is 1. The molecule has 104 valence electrons. The Hall–Kier alpha value is -1.49. The molecule has 1 aromatic carbocycles. The Morgan fingerprint density at radius 3 is 2.74 bits per heavy atom. The summed E-state index contributed by atoms with van der Waals surface area (Å²) < 4.78 is 0. The Kier molecular flexibility index (Phi) is 6.42. The summed E-state index contributed by atoms with van der Waals surface area (Å²) in [6, 6.07) is 6.45. The maximum Gasteiger partial charge on any atom is 0.326 e. The molecule has 0 bridgehead atoms. The van der Waals surface area contributed by atoms with Crippen molar-refractivity contribution in [2.24, 2.45) is 0 Å². The summed E-state index contributed by atoms with van der Waals surface area (Å²) in [5.41, 5.74) is 1.57. The zero-order chi connectivity index (χ0) is 14.3. The molecule has 1 rings (SSSR count). The van der Waals surface area contributed by atoms with Crippen LogP contribution in [0.5, 0.6) is 0 Å². The molecule has 2 N–H and O–H groups in total. The van der Waals surface area contributed by atoms with Gasteiger partial charge < -0.3 is 10.4 Å². The Balaban J connectivity index is 2.76. The van der Waals surface area contributed by atoms with Gasteiger partial charge in [-0.3, -0.25) is 4.79 Å². The van der Waals surface area contributed by atoms with Gasteiger partial charge in [0.2, 0.25) is 0 Å². The number of amides is 1. The van der Waals surface area contributed by atoms with E-state index in [1.807, 2.05) is 25.3 Å². The molecule has 0 aliphatic carbocycles. The zero-order valence-corrected chi connectivity index (χ0v) is 12.0. The standard InChI is InChI=1S/C14H19NO3S/c1-3-5-12(14(17)18)15-13(16)11-7-4-6-10(8-11)9-19-2/h4,6-8,12H,3,5,9H2,1-2H3,(H,15,16)(H,17,18)/t12-/m1/s1. The molecule has 0 aliphatic rings. The van der Waals surface area contributed by atoms with Crippen molar-refractivity contribution in [1.82, 2.24) is 5.32 Å². The molecule has 0 saturated heterocycles. The molecule has 0 heterocycles. The molecule has 0 aliphatic heterocycles. The van der Waals surface area contributed by atoms with Crippen LogP contribution in [0.2, 0.25) is 0 Å². The first-order chi connectivity index (χ1) is 9.08. The van der Waals surface area contributed by atoms with Crippen LogP contribution in [0.25, 0.3) is 0 Å². The summed E-state index contributed by atoms with van der Waals surface area (Å²) in [5.74, 6) is -0.488. The van der Waals surface area contributed by atoms with E-state index in [9.17, 15) is 9.59 Å². The maximum atomic E-state index is 12.0. The first-order valence-corrected chi connectivity index (χ1v) is 7.59. The highest BCUT2D eigenvalue weighted by molar-refractivity contribution is 7.97. The van der Waals surface area contributed by atoms with E-state index >= 15 is 0 Å². The van der Waals surface area contributed by atoms with Gasteiger partial charge in [0.1, 0.15) is 6.04 Å². The molecule has 1 amide bonds. The molecular formula is C14H19NO3S. The molecule has 0 fully saturated rings. The minimum Gasteiger partial charge on any atom is -0.480 e. The molecular weight excluding hydrogens is 262 g/mol. The van der Waals surface area contributed by atoms with Gasteiger partial charge in [-0.2, -0.15) is 11.8 Å². The molecule has 1 atom stereocenters. The van der Waals surface area contributed by atoms with Crippen LogP contribution in [0.3, 0.4) is 0 Å². The van der Waals surface area contributed by atoms with Gasteiger partial charge in [-0.25, -0.2) is 4.79 Å². The summed E-state index contributed by atoms with van der Waals surface area (Å²) in [4.78, 5) is 23.0. The summed E-state index contributed by atoms with van der Waals surface area (Å²) in [6.07, 6.45) is 3.14. The second-order valence-corrected chi connectivity index (χ2v) is 5.15. The zero-order valence-electron chi connectivity index (χ0n) is 11.2. The highest BCUT2D eigenvalue weighted by Gasteiger charge is 2.19. The van der Waals surface area contributed by atoms with Crippen molar-refractivity contribution < 1.29 is 14.7 Å². The molecule has 0 radical (unpaired) electrons. The lowest BCUT2D eigenvalue weighted by Gasteiger charge is -2.13. The van der Waals surface area contributed by atoms with Crippen molar-refractivity contribution >= 4 is 23.6 Å². The predicted octanol–water partition coefficient (Wildman–Crippen LogP) is 2.53. The summed E-state index contributed by atoms with van der Waals surface area (Å²) in [5, 5.41) is 11.6. The topological polar surface area (TPSA) is 66.4 Å². The van der Waals surface area contributed by atoms with Crippen LogP contribution in [0.4, 0.5) is 0 Å². The van der Waals surface area contributed by atoms with Crippen molar-refractivity contribution in [2.45, 2.75) is 31.6 Å². The van der Waals surface area contributed by atoms with Crippen LogP contribution in [0.15, 0.2) is 24.3 Å². The van der Waals surface area contributed by atoms with Crippen LogP contribution < -0.4 is 5.32 Å². The molecule has 1 aromatic rings. The Morgan fingerprint density at radius 1 is 1.42 bits per heavy atom. The second kappa shape index (κ2) is 7.84. The number of carboxylic acids is 1. The van der Waals surface area contributed by atoms with Gasteiger partial charge in [0, 0.05) is 11.3 Å². The van der Waals surface area contributed by atoms with Gasteiger partial charge in [0.25, 0.3) is 5.91 Å². The second-order valence-electron chi connectivity index (χ2n) is 4.29. The fourth-order valence-electron chi connectivity index (χ4n) is 1.76. The van der Waals surface area contributed by atoms with Gasteiger partial charge in [-0.1, -0.05) is 25.5 Å². The molecule has 0 saturated carbocycles. The largest absolute Gasteiger partial charge is 0.480 e. The van der Waals surface area contributed by atoms with Crippen molar-refractivity contribution in [3.05, 3.63) is 35.4 Å². The number of carbonyl (C=O) groups excluding carboxylic acids is 1. The molecule has 19 heavy (non-hydrogen) atoms. The number of aliphatic carboxylic acids is 1. The Morgan fingerprint density at radius 2 is 2.16 bits per heavy atom. The van der Waals surface area contributed by atoms with E-state index in [0.717, 1.165) is 11.3 Å². The minimum atomic E-state index is -0.990. The normalized spacial score (nSPS) is 11.9. The average Bonchev–Trinajstić information content (AvgIpc) is 2.38. The summed E-state index contributed by atoms with van der Waals surface area (Å²) in [7, 11) is 0. The molecule has 4 nitrogen and oxygen atoms in total. The van der Waals surface area contributed by atoms with Crippen LogP contribution in [-0.4, -0.2) is 29.3 Å². The van der Waals surface area contributed by atoms with Crippen molar-refractivity contribution in [1.29, 1.82) is 0 Å². The monoisotopic (exact) mass is 281 g/mol. The van der Waals surface area contributed by atoms with E-state index in [1.165, 1.54) is 0 Å². The van der Waals surface area contributed by atoms with Crippen molar-refractivity contribution in [2.75, 3.05) is 6.26 Å². The Labute approximate surface area is 117 Å². The quantitative estimate of drug-likeness (QED) is 0.806. The minimum absolute atomic E-state index is 0.330. The third-order valence-electron chi connectivity index (χ3n) is 2.68. The van der Waals surface area contributed by atoms with Gasteiger partial charge in [-0.15, -0.1) is 0 Å². The van der Waals surface area contributed by atoms with E-state index in [1.54, 1.807) is 23.9 Å². The fraction of sp³-hybridized carbons (Fsp3) is 0.429. The molecule has 5 heteroatoms. The molecule has 0 unspecified atom stereocenters. The van der Waals surface area contributed by atoms with Crippen LogP contribution >= 0.6 is 11.8 Å². The summed E-state index contributed by atoms with van der Waals surface area (Å²) in [6.45, 7) is 1.89. The van der Waals surface area contributed by atoms with E-state index in [4.69, 9.17) is 5.11 Å².